The summed E-state index contributed by atoms with van der Waals surface area (Å²) < 4.78 is 11.7. The topological polar surface area (TPSA) is 61.6 Å². The third-order valence-electron chi connectivity index (χ3n) is 3.62. The molecule has 5 heteroatoms. The molecule has 1 aliphatic carbocycles. The van der Waals surface area contributed by atoms with Crippen LogP contribution in [0.4, 0.5) is 5.69 Å². The maximum Gasteiger partial charge on any atom is 0.311 e. The molecule has 0 unspecified atom stereocenters. The van der Waals surface area contributed by atoms with E-state index in [-0.39, 0.29) is 11.4 Å². The largest absolute Gasteiger partial charge is 0.489 e. The fourth-order valence-corrected chi connectivity index (χ4v) is 2.41. The van der Waals surface area contributed by atoms with Gasteiger partial charge < -0.3 is 9.47 Å². The Kier molecular flexibility index (Phi) is 4.91. The first-order valence-electron chi connectivity index (χ1n) is 7.72. The summed E-state index contributed by atoms with van der Waals surface area (Å²) in [5.41, 5.74) is 0.996. The number of hydrogen-bond donors (Lipinski definition) is 0. The minimum absolute atomic E-state index is 0.0635. The van der Waals surface area contributed by atoms with E-state index in [0.29, 0.717) is 24.5 Å². The summed E-state index contributed by atoms with van der Waals surface area (Å²) >= 11 is 0. The Morgan fingerprint density at radius 2 is 1.79 bits per heavy atom. The Hall–Kier alpha value is -3.08. The highest BCUT2D eigenvalue weighted by molar-refractivity contribution is 5.47. The van der Waals surface area contributed by atoms with Gasteiger partial charge in [0.05, 0.1) is 4.92 Å². The zero-order valence-corrected chi connectivity index (χ0v) is 13.1. The summed E-state index contributed by atoms with van der Waals surface area (Å²) in [4.78, 5) is 10.7. The lowest BCUT2D eigenvalue weighted by Gasteiger charge is -2.17. The third-order valence-corrected chi connectivity index (χ3v) is 3.62. The molecule has 0 aromatic heterocycles. The molecule has 5 nitrogen and oxygen atoms in total. The van der Waals surface area contributed by atoms with E-state index in [1.165, 1.54) is 6.07 Å². The van der Waals surface area contributed by atoms with Crippen molar-refractivity contribution in [1.82, 2.24) is 0 Å². The molecule has 2 aromatic carbocycles. The summed E-state index contributed by atoms with van der Waals surface area (Å²) in [6, 6.07) is 16.2. The highest BCUT2D eigenvalue weighted by Gasteiger charge is 2.18. The van der Waals surface area contributed by atoms with Gasteiger partial charge in [0, 0.05) is 12.5 Å². The van der Waals surface area contributed by atoms with Gasteiger partial charge in [-0.05, 0) is 24.1 Å². The van der Waals surface area contributed by atoms with Crippen molar-refractivity contribution >= 4 is 5.69 Å². The van der Waals surface area contributed by atoms with Gasteiger partial charge >= 0.3 is 5.69 Å². The molecule has 0 fully saturated rings. The van der Waals surface area contributed by atoms with E-state index in [1.807, 2.05) is 36.4 Å². The van der Waals surface area contributed by atoms with E-state index in [9.17, 15) is 10.1 Å². The molecule has 24 heavy (non-hydrogen) atoms. The summed E-state index contributed by atoms with van der Waals surface area (Å²) in [5, 5.41) is 11.1. The number of benzene rings is 2. The predicted octanol–water partition coefficient (Wildman–Crippen LogP) is 4.75. The van der Waals surface area contributed by atoms with Crippen LogP contribution in [0.15, 0.2) is 78.3 Å². The molecule has 0 saturated carbocycles. The zero-order valence-electron chi connectivity index (χ0n) is 13.1. The van der Waals surface area contributed by atoms with Crippen LogP contribution >= 0.6 is 0 Å². The molecule has 0 bridgehead atoms. The van der Waals surface area contributed by atoms with Crippen LogP contribution in [0.5, 0.6) is 5.75 Å². The van der Waals surface area contributed by atoms with Gasteiger partial charge in [-0.25, -0.2) is 0 Å². The summed E-state index contributed by atoms with van der Waals surface area (Å²) in [7, 11) is 0. The van der Waals surface area contributed by atoms with Crippen molar-refractivity contribution in [1.29, 1.82) is 0 Å². The second-order valence-electron chi connectivity index (χ2n) is 5.33. The Bertz CT molecular complexity index is 781. The first-order chi connectivity index (χ1) is 11.7. The second kappa shape index (κ2) is 7.46. The van der Waals surface area contributed by atoms with Gasteiger partial charge in [-0.1, -0.05) is 48.5 Å². The first-order valence-corrected chi connectivity index (χ1v) is 7.72. The van der Waals surface area contributed by atoms with Crippen LogP contribution in [0.1, 0.15) is 18.4 Å². The number of nitro benzene ring substituents is 1. The SMILES string of the molecule is O=[N+]([O-])c1ccccc1OC1=C(OCc2ccccc2)CCC=C1. The number of allylic oxidation sites excluding steroid dienone is 3. The number of nitro groups is 1. The molecular weight excluding hydrogens is 306 g/mol. The quantitative estimate of drug-likeness (QED) is 0.568. The highest BCUT2D eigenvalue weighted by Crippen LogP contribution is 2.31. The number of hydrogen-bond acceptors (Lipinski definition) is 4. The molecule has 0 aliphatic heterocycles. The van der Waals surface area contributed by atoms with E-state index in [0.717, 1.165) is 12.0 Å². The smallest absolute Gasteiger partial charge is 0.311 e. The van der Waals surface area contributed by atoms with Crippen LogP contribution in [0.25, 0.3) is 0 Å². The highest BCUT2D eigenvalue weighted by atomic mass is 16.6. The predicted molar refractivity (Wildman–Crippen MR) is 90.4 cm³/mol. The van der Waals surface area contributed by atoms with Crippen LogP contribution in [0, 0.1) is 10.1 Å². The standard InChI is InChI=1S/C19H17NO4/c21-20(22)16-10-4-5-11-17(16)24-19-13-7-6-12-18(19)23-14-15-8-2-1-3-9-15/h1-5,7-11,13H,6,12,14H2. The van der Waals surface area contributed by atoms with E-state index in [1.54, 1.807) is 24.3 Å². The van der Waals surface area contributed by atoms with E-state index in [2.05, 4.69) is 0 Å². The van der Waals surface area contributed by atoms with Gasteiger partial charge in [0.15, 0.2) is 5.76 Å². The second-order valence-corrected chi connectivity index (χ2v) is 5.33. The van der Waals surface area contributed by atoms with E-state index in [4.69, 9.17) is 9.47 Å². The first kappa shape index (κ1) is 15.8. The molecule has 0 atom stereocenters. The van der Waals surface area contributed by atoms with Gasteiger partial charge in [-0.2, -0.15) is 0 Å². The molecule has 0 N–H and O–H groups in total. The Labute approximate surface area is 140 Å². The van der Waals surface area contributed by atoms with Crippen molar-refractivity contribution in [3.05, 3.63) is 93.9 Å². The maximum atomic E-state index is 11.1. The lowest BCUT2D eigenvalue weighted by Crippen LogP contribution is -2.06. The fourth-order valence-electron chi connectivity index (χ4n) is 2.41. The molecule has 0 amide bonds. The van der Waals surface area contributed by atoms with Crippen molar-refractivity contribution in [3.63, 3.8) is 0 Å². The lowest BCUT2D eigenvalue weighted by atomic mass is 10.1. The fraction of sp³-hybridized carbons (Fsp3) is 0.158. The van der Waals surface area contributed by atoms with Gasteiger partial charge in [-0.15, -0.1) is 0 Å². The Balaban J connectivity index is 1.80. The van der Waals surface area contributed by atoms with Crippen LogP contribution in [0.2, 0.25) is 0 Å². The monoisotopic (exact) mass is 323 g/mol. The van der Waals surface area contributed by atoms with Gasteiger partial charge in [0.1, 0.15) is 12.4 Å². The van der Waals surface area contributed by atoms with Crippen molar-refractivity contribution in [2.45, 2.75) is 19.4 Å². The molecule has 0 spiro atoms. The Morgan fingerprint density at radius 3 is 2.58 bits per heavy atom. The summed E-state index contributed by atoms with van der Waals surface area (Å²) in [6.45, 7) is 0.438. The number of para-hydroxylation sites is 2. The van der Waals surface area contributed by atoms with Crippen LogP contribution in [-0.2, 0) is 11.3 Å². The van der Waals surface area contributed by atoms with Gasteiger partial charge in [-0.3, -0.25) is 10.1 Å². The molecule has 3 rings (SSSR count). The number of rotatable bonds is 6. The summed E-state index contributed by atoms with van der Waals surface area (Å²) in [6.07, 6.45) is 5.34. The molecule has 1 aliphatic rings. The molecule has 0 radical (unpaired) electrons. The third kappa shape index (κ3) is 3.81. The van der Waals surface area contributed by atoms with E-state index >= 15 is 0 Å². The maximum absolute atomic E-state index is 11.1. The van der Waals surface area contributed by atoms with Crippen molar-refractivity contribution in [2.75, 3.05) is 0 Å². The number of ether oxygens (including phenoxy) is 2. The average Bonchev–Trinajstić information content (AvgIpc) is 2.62. The molecule has 0 heterocycles. The normalized spacial score (nSPS) is 13.7. The van der Waals surface area contributed by atoms with E-state index < -0.39 is 4.92 Å². The summed E-state index contributed by atoms with van der Waals surface area (Å²) in [5.74, 6) is 1.44. The van der Waals surface area contributed by atoms with Crippen LogP contribution in [-0.4, -0.2) is 4.92 Å². The van der Waals surface area contributed by atoms with Gasteiger partial charge in [0.2, 0.25) is 5.75 Å². The van der Waals surface area contributed by atoms with Crippen LogP contribution < -0.4 is 4.74 Å². The molecule has 0 saturated heterocycles. The van der Waals surface area contributed by atoms with Crippen molar-refractivity contribution in [2.24, 2.45) is 0 Å². The lowest BCUT2D eigenvalue weighted by molar-refractivity contribution is -0.385. The van der Waals surface area contributed by atoms with Crippen LogP contribution in [0.3, 0.4) is 0 Å². The minimum Gasteiger partial charge on any atom is -0.489 e. The van der Waals surface area contributed by atoms with Gasteiger partial charge in [0.25, 0.3) is 0 Å². The Morgan fingerprint density at radius 1 is 1.04 bits per heavy atom. The van der Waals surface area contributed by atoms with Crippen molar-refractivity contribution < 1.29 is 14.4 Å². The molecule has 2 aromatic rings. The average molecular weight is 323 g/mol. The molecular formula is C19H17NO4. The zero-order chi connectivity index (χ0) is 16.8. The minimum atomic E-state index is -0.451. The van der Waals surface area contributed by atoms with Crippen molar-refractivity contribution in [3.8, 4) is 5.75 Å². The molecule has 122 valence electrons. The number of nitrogens with zero attached hydrogens (tertiary/aromatic N) is 1.